The van der Waals surface area contributed by atoms with Gasteiger partial charge in [-0.25, -0.2) is 0 Å². The molecule has 0 aliphatic heterocycles. The second-order valence-electron chi connectivity index (χ2n) is 4.29. The lowest BCUT2D eigenvalue weighted by Crippen LogP contribution is -2.07. The second kappa shape index (κ2) is 7.24. The lowest BCUT2D eigenvalue weighted by Gasteiger charge is -2.19. The molecule has 0 saturated carbocycles. The van der Waals surface area contributed by atoms with Crippen molar-refractivity contribution in [2.45, 2.75) is 25.9 Å². The highest BCUT2D eigenvalue weighted by Gasteiger charge is 2.18. The van der Waals surface area contributed by atoms with Gasteiger partial charge < -0.3 is 19.9 Å². The average Bonchev–Trinajstić information content (AvgIpc) is 2.38. The predicted molar refractivity (Wildman–Crippen MR) is 72.3 cm³/mol. The van der Waals surface area contributed by atoms with Crippen LogP contribution in [0.25, 0.3) is 0 Å². The monoisotopic (exact) mass is 253 g/mol. The molecule has 2 N–H and O–H groups in total. The van der Waals surface area contributed by atoms with E-state index in [2.05, 4.69) is 13.0 Å². The van der Waals surface area contributed by atoms with Crippen LogP contribution in [0, 0.1) is 0 Å². The topological polar surface area (TPSA) is 53.7 Å². The van der Waals surface area contributed by atoms with E-state index in [1.54, 1.807) is 21.3 Å². The van der Waals surface area contributed by atoms with E-state index in [0.717, 1.165) is 29.0 Å². The van der Waals surface area contributed by atoms with Crippen molar-refractivity contribution in [3.8, 4) is 11.5 Å². The van der Waals surface area contributed by atoms with Gasteiger partial charge in [0.05, 0.1) is 20.8 Å². The molecule has 0 aliphatic rings. The molecule has 0 saturated heterocycles. The maximum absolute atomic E-state index is 5.61. The van der Waals surface area contributed by atoms with Crippen molar-refractivity contribution >= 4 is 0 Å². The first-order chi connectivity index (χ1) is 8.69. The molecule has 0 spiro atoms. The molecule has 4 nitrogen and oxygen atoms in total. The largest absolute Gasteiger partial charge is 0.493 e. The summed E-state index contributed by atoms with van der Waals surface area (Å²) in [4.78, 5) is 0. The van der Waals surface area contributed by atoms with Crippen molar-refractivity contribution in [2.24, 2.45) is 5.73 Å². The van der Waals surface area contributed by atoms with E-state index in [1.807, 2.05) is 6.07 Å². The fraction of sp³-hybridized carbons (Fsp3) is 0.571. The maximum Gasteiger partial charge on any atom is 0.166 e. The molecular formula is C14H23NO3. The first-order valence-electron chi connectivity index (χ1n) is 6.12. The van der Waals surface area contributed by atoms with Crippen molar-refractivity contribution < 1.29 is 14.2 Å². The molecule has 1 atom stereocenters. The summed E-state index contributed by atoms with van der Waals surface area (Å²) in [7, 11) is 4.97. The minimum atomic E-state index is 0.343. The second-order valence-corrected chi connectivity index (χ2v) is 4.29. The first kappa shape index (κ1) is 14.8. The summed E-state index contributed by atoms with van der Waals surface area (Å²) in [6, 6.07) is 4.09. The average molecular weight is 253 g/mol. The van der Waals surface area contributed by atoms with Crippen LogP contribution in [0.4, 0.5) is 0 Å². The number of ether oxygens (including phenoxy) is 3. The number of nitrogens with two attached hydrogens (primary N) is 1. The zero-order valence-electron chi connectivity index (χ0n) is 11.7. The third-order valence-corrected chi connectivity index (χ3v) is 3.06. The molecule has 1 aromatic rings. The highest BCUT2D eigenvalue weighted by molar-refractivity contribution is 5.53. The molecule has 0 bridgehead atoms. The van der Waals surface area contributed by atoms with Gasteiger partial charge in [0.15, 0.2) is 11.5 Å². The zero-order valence-corrected chi connectivity index (χ0v) is 11.7. The van der Waals surface area contributed by atoms with Crippen molar-refractivity contribution in [1.82, 2.24) is 0 Å². The molecule has 102 valence electrons. The Hall–Kier alpha value is -1.26. The lowest BCUT2D eigenvalue weighted by atomic mass is 9.95. The summed E-state index contributed by atoms with van der Waals surface area (Å²) in [6.45, 7) is 3.30. The Kier molecular flexibility index (Phi) is 5.95. The smallest absolute Gasteiger partial charge is 0.166 e. The van der Waals surface area contributed by atoms with Gasteiger partial charge in [-0.05, 0) is 18.9 Å². The third-order valence-electron chi connectivity index (χ3n) is 3.06. The molecule has 18 heavy (non-hydrogen) atoms. The normalized spacial score (nSPS) is 12.3. The van der Waals surface area contributed by atoms with Gasteiger partial charge in [-0.2, -0.15) is 0 Å². The van der Waals surface area contributed by atoms with E-state index in [1.165, 1.54) is 0 Å². The van der Waals surface area contributed by atoms with Crippen LogP contribution in [-0.4, -0.2) is 27.9 Å². The van der Waals surface area contributed by atoms with Gasteiger partial charge in [0.2, 0.25) is 0 Å². The van der Waals surface area contributed by atoms with Crippen LogP contribution in [0.5, 0.6) is 11.5 Å². The van der Waals surface area contributed by atoms with E-state index in [9.17, 15) is 0 Å². The molecule has 0 amide bonds. The first-order valence-corrected chi connectivity index (χ1v) is 6.12. The molecule has 1 rings (SSSR count). The molecule has 1 unspecified atom stereocenters. The minimum Gasteiger partial charge on any atom is -0.493 e. The Morgan fingerprint density at radius 3 is 2.28 bits per heavy atom. The standard InChI is InChI=1S/C14H23NO3/c1-10(7-8-15)12-6-5-11(9-16-2)13(17-3)14(12)18-4/h5-6,10H,7-9,15H2,1-4H3. The van der Waals surface area contributed by atoms with Gasteiger partial charge in [0.1, 0.15) is 0 Å². The molecule has 0 radical (unpaired) electrons. The number of hydrogen-bond donors (Lipinski definition) is 1. The van der Waals surface area contributed by atoms with Crippen LogP contribution < -0.4 is 15.2 Å². The van der Waals surface area contributed by atoms with E-state index in [0.29, 0.717) is 19.1 Å². The van der Waals surface area contributed by atoms with E-state index < -0.39 is 0 Å². The SMILES string of the molecule is COCc1ccc(C(C)CCN)c(OC)c1OC. The van der Waals surface area contributed by atoms with Crippen molar-refractivity contribution in [2.75, 3.05) is 27.9 Å². The van der Waals surface area contributed by atoms with Crippen LogP contribution in [-0.2, 0) is 11.3 Å². The summed E-state index contributed by atoms with van der Waals surface area (Å²) in [5, 5.41) is 0. The van der Waals surface area contributed by atoms with Gasteiger partial charge in [0, 0.05) is 18.2 Å². The third kappa shape index (κ3) is 3.15. The number of methoxy groups -OCH3 is 3. The number of benzene rings is 1. The maximum atomic E-state index is 5.61. The lowest BCUT2D eigenvalue weighted by molar-refractivity contribution is 0.180. The summed E-state index contributed by atoms with van der Waals surface area (Å²) < 4.78 is 16.1. The minimum absolute atomic E-state index is 0.343. The number of hydrogen-bond acceptors (Lipinski definition) is 4. The molecule has 0 heterocycles. The summed E-state index contributed by atoms with van der Waals surface area (Å²) in [5.74, 6) is 1.88. The summed E-state index contributed by atoms with van der Waals surface area (Å²) in [6.07, 6.45) is 0.920. The van der Waals surface area contributed by atoms with Crippen LogP contribution in [0.3, 0.4) is 0 Å². The highest BCUT2D eigenvalue weighted by Crippen LogP contribution is 2.39. The van der Waals surface area contributed by atoms with Crippen LogP contribution >= 0.6 is 0 Å². The van der Waals surface area contributed by atoms with Gasteiger partial charge in [-0.3, -0.25) is 0 Å². The van der Waals surface area contributed by atoms with E-state index in [4.69, 9.17) is 19.9 Å². The molecule has 4 heteroatoms. The van der Waals surface area contributed by atoms with E-state index >= 15 is 0 Å². The number of rotatable bonds is 7. The van der Waals surface area contributed by atoms with Crippen LogP contribution in [0.1, 0.15) is 30.4 Å². The van der Waals surface area contributed by atoms with Gasteiger partial charge in [0.25, 0.3) is 0 Å². The molecule has 0 aromatic heterocycles. The molecule has 1 aromatic carbocycles. The predicted octanol–water partition coefficient (Wildman–Crippen LogP) is 2.30. The zero-order chi connectivity index (χ0) is 13.5. The summed E-state index contributed by atoms with van der Waals surface area (Å²) in [5.41, 5.74) is 7.73. The van der Waals surface area contributed by atoms with Crippen molar-refractivity contribution in [3.63, 3.8) is 0 Å². The molecule has 0 aliphatic carbocycles. The Morgan fingerprint density at radius 1 is 1.11 bits per heavy atom. The Balaban J connectivity index is 3.20. The van der Waals surface area contributed by atoms with Crippen molar-refractivity contribution in [1.29, 1.82) is 0 Å². The Morgan fingerprint density at radius 2 is 1.78 bits per heavy atom. The van der Waals surface area contributed by atoms with Crippen LogP contribution in [0.2, 0.25) is 0 Å². The van der Waals surface area contributed by atoms with Crippen molar-refractivity contribution in [3.05, 3.63) is 23.3 Å². The van der Waals surface area contributed by atoms with E-state index in [-0.39, 0.29) is 0 Å². The highest BCUT2D eigenvalue weighted by atomic mass is 16.5. The Labute approximate surface area is 109 Å². The van der Waals surface area contributed by atoms with Gasteiger partial charge >= 0.3 is 0 Å². The molecule has 0 fully saturated rings. The van der Waals surface area contributed by atoms with Gasteiger partial charge in [-0.1, -0.05) is 19.1 Å². The quantitative estimate of drug-likeness (QED) is 0.810. The fourth-order valence-electron chi connectivity index (χ4n) is 2.12. The Bertz CT molecular complexity index is 380. The fourth-order valence-corrected chi connectivity index (χ4v) is 2.12. The van der Waals surface area contributed by atoms with Gasteiger partial charge in [-0.15, -0.1) is 0 Å². The molecular weight excluding hydrogens is 230 g/mol. The summed E-state index contributed by atoms with van der Waals surface area (Å²) >= 11 is 0. The van der Waals surface area contributed by atoms with Crippen LogP contribution in [0.15, 0.2) is 12.1 Å².